The van der Waals surface area contributed by atoms with Crippen LogP contribution in [0.2, 0.25) is 0 Å². The highest BCUT2D eigenvalue weighted by Gasteiger charge is 2.37. The fourth-order valence-corrected chi connectivity index (χ4v) is 2.98. The molecule has 1 N–H and O–H groups in total. The van der Waals surface area contributed by atoms with Gasteiger partial charge in [0.1, 0.15) is 0 Å². The van der Waals surface area contributed by atoms with E-state index in [-0.39, 0.29) is 6.10 Å². The largest absolute Gasteiger partial charge is 0.391 e. The quantitative estimate of drug-likeness (QED) is 0.798. The third-order valence-corrected chi connectivity index (χ3v) is 4.27. The molecule has 1 fully saturated rings. The van der Waals surface area contributed by atoms with Gasteiger partial charge >= 0.3 is 0 Å². The minimum Gasteiger partial charge on any atom is -0.391 e. The molecular weight excluding hydrogens is 198 g/mol. The summed E-state index contributed by atoms with van der Waals surface area (Å²) in [5.74, 6) is 0. The van der Waals surface area contributed by atoms with E-state index in [0.717, 1.165) is 32.2 Å². The second kappa shape index (κ2) is 5.50. The van der Waals surface area contributed by atoms with Crippen LogP contribution in [0.1, 0.15) is 60.3 Å². The van der Waals surface area contributed by atoms with Gasteiger partial charge in [0, 0.05) is 12.1 Å². The minimum absolute atomic E-state index is 0.123. The van der Waals surface area contributed by atoms with Gasteiger partial charge in [-0.3, -0.25) is 4.90 Å². The Labute approximate surface area is 101 Å². The zero-order valence-electron chi connectivity index (χ0n) is 11.7. The summed E-state index contributed by atoms with van der Waals surface area (Å²) in [6.07, 6.45) is 4.29. The van der Waals surface area contributed by atoms with Gasteiger partial charge in [-0.2, -0.15) is 0 Å². The lowest BCUT2D eigenvalue weighted by Crippen LogP contribution is -2.52. The molecule has 1 saturated carbocycles. The summed E-state index contributed by atoms with van der Waals surface area (Å²) in [5, 5.41) is 10.2. The molecule has 16 heavy (non-hydrogen) atoms. The maximum absolute atomic E-state index is 10.2. The molecule has 1 rings (SSSR count). The summed E-state index contributed by atoms with van der Waals surface area (Å²) in [5.41, 5.74) is 0.394. The van der Waals surface area contributed by atoms with Crippen molar-refractivity contribution in [2.75, 3.05) is 6.54 Å². The molecule has 2 nitrogen and oxygen atoms in total. The monoisotopic (exact) mass is 227 g/mol. The van der Waals surface area contributed by atoms with Crippen LogP contribution in [0.4, 0.5) is 0 Å². The number of aliphatic hydroxyl groups excluding tert-OH is 1. The van der Waals surface area contributed by atoms with Gasteiger partial charge in [-0.05, 0) is 44.6 Å². The Balaban J connectivity index is 2.73. The molecule has 0 aromatic heterocycles. The summed E-state index contributed by atoms with van der Waals surface area (Å²) in [6.45, 7) is 12.4. The Bertz CT molecular complexity index is 215. The fourth-order valence-electron chi connectivity index (χ4n) is 2.98. The van der Waals surface area contributed by atoms with E-state index < -0.39 is 0 Å². The minimum atomic E-state index is -0.123. The molecule has 0 aromatic carbocycles. The van der Waals surface area contributed by atoms with Crippen LogP contribution in [0, 0.1) is 5.41 Å². The average Bonchev–Trinajstić information content (AvgIpc) is 2.23. The Hall–Kier alpha value is -0.0800. The number of aliphatic hydroxyl groups is 1. The van der Waals surface area contributed by atoms with Gasteiger partial charge in [-0.15, -0.1) is 0 Å². The number of nitrogens with zero attached hydrogens (tertiary/aromatic N) is 1. The Morgan fingerprint density at radius 2 is 2.00 bits per heavy atom. The zero-order chi connectivity index (χ0) is 12.3. The third-order valence-electron chi connectivity index (χ3n) is 4.27. The highest BCUT2D eigenvalue weighted by Crippen LogP contribution is 2.38. The Kier molecular flexibility index (Phi) is 4.81. The number of likely N-dealkylation sites (N-methyl/N-ethyl adjacent to an activating group) is 1. The second-order valence-corrected chi connectivity index (χ2v) is 6.13. The van der Waals surface area contributed by atoms with Crippen molar-refractivity contribution >= 4 is 0 Å². The van der Waals surface area contributed by atoms with Crippen molar-refractivity contribution in [2.45, 2.75) is 78.5 Å². The van der Waals surface area contributed by atoms with Crippen molar-refractivity contribution in [3.63, 3.8) is 0 Å². The van der Waals surface area contributed by atoms with Gasteiger partial charge in [0.05, 0.1) is 6.10 Å². The average molecular weight is 227 g/mol. The predicted octanol–water partition coefficient (Wildman–Crippen LogP) is 3.05. The molecule has 0 radical (unpaired) electrons. The molecule has 0 saturated heterocycles. The highest BCUT2D eigenvalue weighted by atomic mass is 16.3. The lowest BCUT2D eigenvalue weighted by Gasteiger charge is -2.46. The van der Waals surface area contributed by atoms with Crippen LogP contribution < -0.4 is 0 Å². The van der Waals surface area contributed by atoms with E-state index in [0.29, 0.717) is 17.5 Å². The van der Waals surface area contributed by atoms with Crippen LogP contribution >= 0.6 is 0 Å². The molecule has 0 spiro atoms. The molecule has 0 aromatic rings. The molecule has 1 aliphatic rings. The first kappa shape index (κ1) is 14.0. The molecule has 0 bridgehead atoms. The van der Waals surface area contributed by atoms with Crippen molar-refractivity contribution in [1.29, 1.82) is 0 Å². The maximum atomic E-state index is 10.2. The standard InChI is InChI=1S/C14H29NO/c1-6-11(3)15(7-2)12-10-14(4,5)9-8-13(12)16/h11-13,16H,6-10H2,1-5H3. The molecule has 3 unspecified atom stereocenters. The van der Waals surface area contributed by atoms with Crippen molar-refractivity contribution < 1.29 is 5.11 Å². The Morgan fingerprint density at radius 1 is 1.38 bits per heavy atom. The smallest absolute Gasteiger partial charge is 0.0695 e. The van der Waals surface area contributed by atoms with E-state index in [1.165, 1.54) is 0 Å². The summed E-state index contributed by atoms with van der Waals surface area (Å²) in [7, 11) is 0. The van der Waals surface area contributed by atoms with Gasteiger partial charge in [0.25, 0.3) is 0 Å². The predicted molar refractivity (Wildman–Crippen MR) is 69.6 cm³/mol. The third kappa shape index (κ3) is 3.21. The first-order chi connectivity index (χ1) is 7.41. The van der Waals surface area contributed by atoms with Gasteiger partial charge < -0.3 is 5.11 Å². The van der Waals surface area contributed by atoms with Gasteiger partial charge in [0.2, 0.25) is 0 Å². The lowest BCUT2D eigenvalue weighted by molar-refractivity contribution is -0.0300. The first-order valence-corrected chi connectivity index (χ1v) is 6.85. The molecule has 96 valence electrons. The van der Waals surface area contributed by atoms with Crippen molar-refractivity contribution in [3.8, 4) is 0 Å². The normalized spacial score (nSPS) is 31.7. The molecule has 3 atom stereocenters. The van der Waals surface area contributed by atoms with Gasteiger partial charge in [-0.1, -0.05) is 27.7 Å². The summed E-state index contributed by atoms with van der Waals surface area (Å²) in [6, 6.07) is 0.947. The summed E-state index contributed by atoms with van der Waals surface area (Å²) >= 11 is 0. The number of rotatable bonds is 4. The van der Waals surface area contributed by atoms with Crippen molar-refractivity contribution in [1.82, 2.24) is 4.90 Å². The van der Waals surface area contributed by atoms with Crippen molar-refractivity contribution in [3.05, 3.63) is 0 Å². The Morgan fingerprint density at radius 3 is 2.50 bits per heavy atom. The second-order valence-electron chi connectivity index (χ2n) is 6.13. The van der Waals surface area contributed by atoms with E-state index in [9.17, 15) is 5.11 Å². The van der Waals surface area contributed by atoms with E-state index in [1.807, 2.05) is 0 Å². The van der Waals surface area contributed by atoms with E-state index in [2.05, 4.69) is 39.5 Å². The van der Waals surface area contributed by atoms with Crippen molar-refractivity contribution in [2.24, 2.45) is 5.41 Å². The number of hydrogen-bond donors (Lipinski definition) is 1. The van der Waals surface area contributed by atoms with Crippen LogP contribution in [-0.4, -0.2) is 34.7 Å². The topological polar surface area (TPSA) is 23.5 Å². The summed E-state index contributed by atoms with van der Waals surface area (Å²) in [4.78, 5) is 2.49. The van der Waals surface area contributed by atoms with Gasteiger partial charge in [-0.25, -0.2) is 0 Å². The molecule has 2 heteroatoms. The maximum Gasteiger partial charge on any atom is 0.0695 e. The SMILES string of the molecule is CCC(C)N(CC)C1CC(C)(C)CCC1O. The molecular formula is C14H29NO. The zero-order valence-corrected chi connectivity index (χ0v) is 11.7. The highest BCUT2D eigenvalue weighted by molar-refractivity contribution is 4.91. The van der Waals surface area contributed by atoms with Crippen LogP contribution in [0.25, 0.3) is 0 Å². The van der Waals surface area contributed by atoms with E-state index in [1.54, 1.807) is 0 Å². The molecule has 0 aliphatic heterocycles. The van der Waals surface area contributed by atoms with Crippen LogP contribution in [-0.2, 0) is 0 Å². The number of hydrogen-bond acceptors (Lipinski definition) is 2. The lowest BCUT2D eigenvalue weighted by atomic mass is 9.73. The van der Waals surface area contributed by atoms with Crippen LogP contribution in [0.15, 0.2) is 0 Å². The first-order valence-electron chi connectivity index (χ1n) is 6.85. The molecule has 0 amide bonds. The van der Waals surface area contributed by atoms with Crippen LogP contribution in [0.5, 0.6) is 0 Å². The van der Waals surface area contributed by atoms with Gasteiger partial charge in [0.15, 0.2) is 0 Å². The fraction of sp³-hybridized carbons (Fsp3) is 1.00. The van der Waals surface area contributed by atoms with E-state index in [4.69, 9.17) is 0 Å². The van der Waals surface area contributed by atoms with E-state index >= 15 is 0 Å². The molecule has 0 heterocycles. The van der Waals surface area contributed by atoms with Crippen LogP contribution in [0.3, 0.4) is 0 Å². The summed E-state index contributed by atoms with van der Waals surface area (Å²) < 4.78 is 0. The molecule has 1 aliphatic carbocycles.